The fourth-order valence-electron chi connectivity index (χ4n) is 4.36. The molecule has 9 heteroatoms. The SMILES string of the molecule is CN=C(N)c1cc(C)c2nc(-c3c(NC(CO)Cc4csc5ccccc45)cc[nH]c3=O)[nH]c2c1. The molecule has 0 aliphatic heterocycles. The summed E-state index contributed by atoms with van der Waals surface area (Å²) < 4.78 is 1.21. The Morgan fingerprint density at radius 2 is 2.11 bits per heavy atom. The lowest BCUT2D eigenvalue weighted by atomic mass is 10.0. The Morgan fingerprint density at radius 3 is 2.91 bits per heavy atom. The molecular formula is C26H26N6O2S. The zero-order chi connectivity index (χ0) is 24.5. The summed E-state index contributed by atoms with van der Waals surface area (Å²) in [5.41, 5.74) is 11.1. The molecule has 5 aromatic rings. The predicted molar refractivity (Wildman–Crippen MR) is 144 cm³/mol. The third-order valence-corrected chi connectivity index (χ3v) is 7.13. The van der Waals surface area contributed by atoms with Crippen LogP contribution in [0.3, 0.4) is 0 Å². The van der Waals surface area contributed by atoms with E-state index in [9.17, 15) is 9.90 Å². The van der Waals surface area contributed by atoms with Crippen molar-refractivity contribution in [1.29, 1.82) is 0 Å². The molecule has 3 heterocycles. The number of aromatic amines is 2. The van der Waals surface area contributed by atoms with Gasteiger partial charge in [-0.2, -0.15) is 0 Å². The third-order valence-electron chi connectivity index (χ3n) is 6.12. The third kappa shape index (κ3) is 4.31. The van der Waals surface area contributed by atoms with Gasteiger partial charge in [-0.3, -0.25) is 9.79 Å². The lowest BCUT2D eigenvalue weighted by Gasteiger charge is -2.19. The number of fused-ring (bicyclic) bond motifs is 2. The van der Waals surface area contributed by atoms with Crippen LogP contribution in [0.15, 0.2) is 63.8 Å². The minimum absolute atomic E-state index is 0.0887. The number of nitrogens with one attached hydrogen (secondary N) is 3. The molecule has 6 N–H and O–H groups in total. The molecule has 1 atom stereocenters. The van der Waals surface area contributed by atoms with Crippen LogP contribution < -0.4 is 16.6 Å². The number of pyridine rings is 1. The van der Waals surface area contributed by atoms with Crippen molar-refractivity contribution in [2.24, 2.45) is 10.7 Å². The molecule has 0 saturated carbocycles. The van der Waals surface area contributed by atoms with Crippen LogP contribution in [0.1, 0.15) is 16.7 Å². The van der Waals surface area contributed by atoms with Gasteiger partial charge in [-0.25, -0.2) is 4.98 Å². The maximum atomic E-state index is 12.9. The highest BCUT2D eigenvalue weighted by Gasteiger charge is 2.19. The van der Waals surface area contributed by atoms with Crippen LogP contribution in [0.2, 0.25) is 0 Å². The number of aryl methyl sites for hydroxylation is 1. The monoisotopic (exact) mass is 486 g/mol. The molecule has 5 rings (SSSR count). The molecule has 178 valence electrons. The first-order valence-corrected chi connectivity index (χ1v) is 12.1. The summed E-state index contributed by atoms with van der Waals surface area (Å²) in [7, 11) is 1.64. The van der Waals surface area contributed by atoms with Gasteiger partial charge in [-0.1, -0.05) is 18.2 Å². The van der Waals surface area contributed by atoms with Crippen LogP contribution in [0.25, 0.3) is 32.5 Å². The highest BCUT2D eigenvalue weighted by molar-refractivity contribution is 7.17. The van der Waals surface area contributed by atoms with Crippen molar-refractivity contribution >= 4 is 44.0 Å². The number of aromatic nitrogens is 3. The average Bonchev–Trinajstić information content (AvgIpc) is 3.47. The largest absolute Gasteiger partial charge is 0.394 e. The van der Waals surface area contributed by atoms with Crippen LogP contribution in [-0.4, -0.2) is 45.6 Å². The topological polar surface area (TPSA) is 132 Å². The molecule has 35 heavy (non-hydrogen) atoms. The normalized spacial score (nSPS) is 12.9. The van der Waals surface area contributed by atoms with Gasteiger partial charge in [-0.15, -0.1) is 11.3 Å². The molecule has 0 spiro atoms. The second-order valence-electron chi connectivity index (χ2n) is 8.46. The molecular weight excluding hydrogens is 460 g/mol. The molecule has 0 fully saturated rings. The van der Waals surface area contributed by atoms with Crippen LogP contribution in [0.4, 0.5) is 5.69 Å². The molecule has 3 aromatic heterocycles. The summed E-state index contributed by atoms with van der Waals surface area (Å²) in [6, 6.07) is 13.5. The molecule has 0 amide bonds. The van der Waals surface area contributed by atoms with Gasteiger partial charge >= 0.3 is 0 Å². The second-order valence-corrected chi connectivity index (χ2v) is 9.38. The number of rotatable bonds is 7. The van der Waals surface area contributed by atoms with Gasteiger partial charge in [0, 0.05) is 23.5 Å². The Bertz CT molecular complexity index is 1610. The summed E-state index contributed by atoms with van der Waals surface area (Å²) in [6.07, 6.45) is 2.21. The summed E-state index contributed by atoms with van der Waals surface area (Å²) >= 11 is 1.69. The van der Waals surface area contributed by atoms with E-state index in [1.54, 1.807) is 30.6 Å². The van der Waals surface area contributed by atoms with E-state index in [-0.39, 0.29) is 18.2 Å². The fraction of sp³-hybridized carbons (Fsp3) is 0.192. The number of hydrogen-bond acceptors (Lipinski definition) is 6. The van der Waals surface area contributed by atoms with E-state index in [2.05, 4.69) is 37.8 Å². The van der Waals surface area contributed by atoms with E-state index >= 15 is 0 Å². The van der Waals surface area contributed by atoms with Crippen molar-refractivity contribution < 1.29 is 5.11 Å². The number of aliphatic imine (C=N–C) groups is 1. The number of aliphatic hydroxyl groups excluding tert-OH is 1. The highest BCUT2D eigenvalue weighted by Crippen LogP contribution is 2.29. The summed E-state index contributed by atoms with van der Waals surface area (Å²) in [5, 5.41) is 16.8. The number of amidine groups is 1. The number of hydrogen-bond donors (Lipinski definition) is 5. The Balaban J connectivity index is 1.52. The van der Waals surface area contributed by atoms with Crippen LogP contribution >= 0.6 is 11.3 Å². The molecule has 0 aliphatic carbocycles. The summed E-state index contributed by atoms with van der Waals surface area (Å²) in [6.45, 7) is 1.86. The van der Waals surface area contributed by atoms with Crippen molar-refractivity contribution in [3.8, 4) is 11.4 Å². The number of benzene rings is 2. The minimum atomic E-state index is -0.285. The van der Waals surface area contributed by atoms with Gasteiger partial charge in [0.05, 0.1) is 29.4 Å². The number of anilines is 1. The van der Waals surface area contributed by atoms with E-state index in [4.69, 9.17) is 10.7 Å². The lowest BCUT2D eigenvalue weighted by molar-refractivity contribution is 0.274. The van der Waals surface area contributed by atoms with Crippen LogP contribution in [-0.2, 0) is 6.42 Å². The number of nitrogens with two attached hydrogens (primary N) is 1. The lowest BCUT2D eigenvalue weighted by Crippen LogP contribution is -2.27. The Morgan fingerprint density at radius 1 is 1.29 bits per heavy atom. The molecule has 2 aromatic carbocycles. The summed E-state index contributed by atoms with van der Waals surface area (Å²) in [5.74, 6) is 0.868. The van der Waals surface area contributed by atoms with Crippen LogP contribution in [0, 0.1) is 6.92 Å². The number of H-pyrrole nitrogens is 2. The van der Waals surface area contributed by atoms with Gasteiger partial charge in [0.2, 0.25) is 0 Å². The zero-order valence-corrected chi connectivity index (χ0v) is 20.2. The molecule has 8 nitrogen and oxygen atoms in total. The van der Waals surface area contributed by atoms with E-state index in [1.807, 2.05) is 31.2 Å². The zero-order valence-electron chi connectivity index (χ0n) is 19.4. The highest BCUT2D eigenvalue weighted by atomic mass is 32.1. The first-order valence-electron chi connectivity index (χ1n) is 11.3. The van der Waals surface area contributed by atoms with E-state index in [1.165, 1.54) is 10.1 Å². The first kappa shape index (κ1) is 22.8. The number of thiophene rings is 1. The fourth-order valence-corrected chi connectivity index (χ4v) is 5.33. The molecule has 1 unspecified atom stereocenters. The molecule has 0 bridgehead atoms. The smallest absolute Gasteiger partial charge is 0.261 e. The van der Waals surface area contributed by atoms with Crippen molar-refractivity contribution in [1.82, 2.24) is 15.0 Å². The van der Waals surface area contributed by atoms with Gasteiger partial charge < -0.3 is 26.1 Å². The predicted octanol–water partition coefficient (Wildman–Crippen LogP) is 3.79. The van der Waals surface area contributed by atoms with Gasteiger partial charge in [0.1, 0.15) is 17.2 Å². The van der Waals surface area contributed by atoms with Gasteiger partial charge in [0.25, 0.3) is 5.56 Å². The van der Waals surface area contributed by atoms with Gasteiger partial charge in [0.15, 0.2) is 0 Å². The molecule has 0 saturated heterocycles. The van der Waals surface area contributed by atoms with E-state index in [0.717, 1.165) is 27.7 Å². The standard InChI is InChI=1S/C26H26N6O2S/c1-14-9-15(24(27)28-2)11-20-23(14)32-25(31-20)22-19(7-8-29-26(22)34)30-17(12-33)10-16-13-35-21-6-4-3-5-18(16)21/h3-9,11,13,17,33H,10,12H2,1-2H3,(H2,27,28)(H,31,32)(H2,29,30,34). The van der Waals surface area contributed by atoms with Crippen LogP contribution in [0.5, 0.6) is 0 Å². The number of nitrogens with zero attached hydrogens (tertiary/aromatic N) is 2. The van der Waals surface area contributed by atoms with Crippen molar-refractivity contribution in [3.05, 3.63) is 81.1 Å². The second kappa shape index (κ2) is 9.36. The van der Waals surface area contributed by atoms with Crippen molar-refractivity contribution in [3.63, 3.8) is 0 Å². The Hall–Kier alpha value is -3.95. The Kier molecular flexibility index (Phi) is 6.10. The van der Waals surface area contributed by atoms with Crippen molar-refractivity contribution in [2.75, 3.05) is 19.0 Å². The maximum absolute atomic E-state index is 12.9. The molecule has 0 radical (unpaired) electrons. The quantitative estimate of drug-likeness (QED) is 0.176. The van der Waals surface area contributed by atoms with Crippen molar-refractivity contribution in [2.45, 2.75) is 19.4 Å². The van der Waals surface area contributed by atoms with Gasteiger partial charge in [-0.05, 0) is 59.5 Å². The maximum Gasteiger partial charge on any atom is 0.261 e. The molecule has 0 aliphatic rings. The Labute approximate surface area is 205 Å². The summed E-state index contributed by atoms with van der Waals surface area (Å²) in [4.78, 5) is 27.7. The first-order chi connectivity index (χ1) is 17.0. The minimum Gasteiger partial charge on any atom is -0.394 e. The van der Waals surface area contributed by atoms with E-state index in [0.29, 0.717) is 29.3 Å². The average molecular weight is 487 g/mol. The number of imidazole rings is 1. The number of aliphatic hydroxyl groups is 1. The van der Waals surface area contributed by atoms with E-state index < -0.39 is 0 Å².